The largest absolute Gasteiger partial charge is 0.492 e. The molecule has 0 radical (unpaired) electrons. The number of anilines is 1. The Kier molecular flexibility index (Phi) is 6.69. The molecule has 2 heterocycles. The minimum absolute atomic E-state index is 0.182. The molecule has 2 aromatic carbocycles. The summed E-state index contributed by atoms with van der Waals surface area (Å²) in [6, 6.07) is 11.8. The van der Waals surface area contributed by atoms with E-state index in [0.717, 1.165) is 5.06 Å². The number of hydrogen-bond donors (Lipinski definition) is 2. The number of aromatic nitrogens is 2. The van der Waals surface area contributed by atoms with Crippen molar-refractivity contribution in [3.63, 3.8) is 0 Å². The maximum atomic E-state index is 12.9. The molecule has 2 N–H and O–H groups in total. The molecule has 0 saturated carbocycles. The summed E-state index contributed by atoms with van der Waals surface area (Å²) in [5.41, 5.74) is 2.41. The summed E-state index contributed by atoms with van der Waals surface area (Å²) in [5.74, 6) is -3.27. The van der Waals surface area contributed by atoms with E-state index < -0.39 is 30.0 Å². The second-order valence-electron chi connectivity index (χ2n) is 8.23. The summed E-state index contributed by atoms with van der Waals surface area (Å²) in [6.07, 6.45) is -4.37. The molecule has 0 spiro atoms. The van der Waals surface area contributed by atoms with Gasteiger partial charge in [-0.2, -0.15) is 23.5 Å². The molecule has 1 saturated heterocycles. The lowest BCUT2D eigenvalue weighted by Gasteiger charge is -2.35. The second-order valence-corrected chi connectivity index (χ2v) is 8.63. The maximum Gasteiger partial charge on any atom is 0.492 e. The van der Waals surface area contributed by atoms with Gasteiger partial charge in [-0.15, -0.1) is 5.06 Å². The zero-order valence-corrected chi connectivity index (χ0v) is 19.1. The number of fused-ring (bicyclic) bond motifs is 1. The predicted octanol–water partition coefficient (Wildman–Crippen LogP) is 4.81. The molecule has 0 aliphatic carbocycles. The van der Waals surface area contributed by atoms with Crippen LogP contribution in [0, 0.1) is 17.2 Å². The van der Waals surface area contributed by atoms with Gasteiger partial charge in [-0.25, -0.2) is 4.79 Å². The van der Waals surface area contributed by atoms with Crippen LogP contribution in [0.2, 0.25) is 5.02 Å². The fourth-order valence-electron chi connectivity index (χ4n) is 3.89. The van der Waals surface area contributed by atoms with Crippen molar-refractivity contribution in [2.75, 3.05) is 11.9 Å². The first-order chi connectivity index (χ1) is 16.6. The van der Waals surface area contributed by atoms with Gasteiger partial charge in [-0.1, -0.05) is 17.7 Å². The fraction of sp³-hybridized carbons (Fsp3) is 0.304. The van der Waals surface area contributed by atoms with Gasteiger partial charge in [-0.05, 0) is 55.7 Å². The zero-order valence-electron chi connectivity index (χ0n) is 18.3. The molecule has 1 aromatic heterocycles. The van der Waals surface area contributed by atoms with Gasteiger partial charge >= 0.3 is 12.1 Å². The van der Waals surface area contributed by atoms with E-state index >= 15 is 0 Å². The number of hydroxylamine groups is 2. The third kappa shape index (κ3) is 5.23. The number of piperidine rings is 1. The Balaban J connectivity index is 1.54. The van der Waals surface area contributed by atoms with E-state index in [9.17, 15) is 28.0 Å². The van der Waals surface area contributed by atoms with E-state index in [1.165, 1.54) is 0 Å². The van der Waals surface area contributed by atoms with E-state index in [1.807, 2.05) is 0 Å². The minimum Gasteiger partial charge on any atom is -0.361 e. The van der Waals surface area contributed by atoms with Gasteiger partial charge in [0, 0.05) is 28.6 Å². The second kappa shape index (κ2) is 9.56. The number of carbonyl (C=O) groups is 2. The quantitative estimate of drug-likeness (QED) is 0.526. The van der Waals surface area contributed by atoms with E-state index in [0.29, 0.717) is 45.5 Å². The van der Waals surface area contributed by atoms with Crippen LogP contribution in [0.1, 0.15) is 25.3 Å². The van der Waals surface area contributed by atoms with Crippen LogP contribution >= 0.6 is 11.6 Å². The molecule has 1 aliphatic rings. The van der Waals surface area contributed by atoms with E-state index in [-0.39, 0.29) is 12.4 Å². The van der Waals surface area contributed by atoms with Crippen molar-refractivity contribution >= 4 is 40.2 Å². The number of nitrogens with one attached hydrogen (secondary N) is 2. The molecule has 8 nitrogen and oxygen atoms in total. The number of hydrogen-bond acceptors (Lipinski definition) is 6. The standard InChI is InChI=1S/C23H19ClF3N5O3/c1-12-2-4-15(11-32(12)35-22(34)23(25,26)27)21(33)29-20-17-9-14(5-7-19(17)30-31-20)16-8-13(10-28)3-6-18(16)24/h3,5-9,12,15H,2,4,11H2,1H3,(H2,29,30,31,33)/t12-,15-/m1/s1. The average molecular weight is 506 g/mol. The van der Waals surface area contributed by atoms with E-state index in [1.54, 1.807) is 43.3 Å². The first kappa shape index (κ1) is 24.5. The van der Waals surface area contributed by atoms with Gasteiger partial charge in [0.05, 0.1) is 23.1 Å². The SMILES string of the molecule is C[C@@H]1CC[C@@H](C(=O)Nc2n[nH]c3ccc(-c4cc(C#N)ccc4Cl)cc23)CN1OC(=O)C(F)(F)F. The minimum atomic E-state index is -5.13. The summed E-state index contributed by atoms with van der Waals surface area (Å²) in [5, 5.41) is 20.8. The number of carbonyl (C=O) groups excluding carboxylic acids is 2. The highest BCUT2D eigenvalue weighted by Crippen LogP contribution is 2.33. The predicted molar refractivity (Wildman–Crippen MR) is 121 cm³/mol. The van der Waals surface area contributed by atoms with Gasteiger partial charge in [0.25, 0.3) is 0 Å². The van der Waals surface area contributed by atoms with Crippen molar-refractivity contribution in [2.24, 2.45) is 5.92 Å². The highest BCUT2D eigenvalue weighted by Gasteiger charge is 2.44. The van der Waals surface area contributed by atoms with Gasteiger partial charge in [0.15, 0.2) is 5.82 Å². The van der Waals surface area contributed by atoms with Crippen LogP contribution in [-0.4, -0.2) is 45.9 Å². The molecule has 12 heteroatoms. The molecular weight excluding hydrogens is 487 g/mol. The highest BCUT2D eigenvalue weighted by atomic mass is 35.5. The summed E-state index contributed by atoms with van der Waals surface area (Å²) in [6.45, 7) is 1.44. The Bertz CT molecular complexity index is 1330. The van der Waals surface area contributed by atoms with Crippen molar-refractivity contribution in [2.45, 2.75) is 32.0 Å². The van der Waals surface area contributed by atoms with Crippen LogP contribution < -0.4 is 5.32 Å². The molecule has 1 fully saturated rings. The van der Waals surface area contributed by atoms with Crippen LogP contribution in [0.5, 0.6) is 0 Å². The highest BCUT2D eigenvalue weighted by molar-refractivity contribution is 6.33. The molecule has 1 aliphatic heterocycles. The molecular formula is C23H19ClF3N5O3. The van der Waals surface area contributed by atoms with Crippen molar-refractivity contribution in [1.82, 2.24) is 15.3 Å². The Labute approximate surface area is 202 Å². The number of halogens is 4. The Morgan fingerprint density at radius 2 is 2.03 bits per heavy atom. The molecule has 2 atom stereocenters. The van der Waals surface area contributed by atoms with Crippen LogP contribution in [-0.2, 0) is 14.4 Å². The lowest BCUT2D eigenvalue weighted by atomic mass is 9.94. The lowest BCUT2D eigenvalue weighted by molar-refractivity contribution is -0.251. The Morgan fingerprint density at radius 1 is 1.26 bits per heavy atom. The normalized spacial score (nSPS) is 18.7. The lowest BCUT2D eigenvalue weighted by Crippen LogP contribution is -2.48. The van der Waals surface area contributed by atoms with Gasteiger partial charge in [0.2, 0.25) is 5.91 Å². The monoisotopic (exact) mass is 505 g/mol. The number of nitriles is 1. The van der Waals surface area contributed by atoms with Gasteiger partial charge in [0.1, 0.15) is 0 Å². The van der Waals surface area contributed by atoms with Crippen molar-refractivity contribution < 1.29 is 27.6 Å². The topological polar surface area (TPSA) is 111 Å². The number of aromatic amines is 1. The summed E-state index contributed by atoms with van der Waals surface area (Å²) < 4.78 is 37.8. The van der Waals surface area contributed by atoms with Crippen LogP contribution in [0.15, 0.2) is 36.4 Å². The number of H-pyrrole nitrogens is 1. The third-order valence-corrected chi connectivity index (χ3v) is 6.17. The summed E-state index contributed by atoms with van der Waals surface area (Å²) >= 11 is 6.31. The van der Waals surface area contributed by atoms with Crippen LogP contribution in [0.4, 0.5) is 19.0 Å². The molecule has 182 valence electrons. The van der Waals surface area contributed by atoms with Crippen molar-refractivity contribution in [3.8, 4) is 17.2 Å². The number of alkyl halides is 3. The number of nitrogens with zero attached hydrogens (tertiary/aromatic N) is 3. The molecule has 4 rings (SSSR count). The zero-order chi connectivity index (χ0) is 25.3. The first-order valence-corrected chi connectivity index (χ1v) is 11.0. The van der Waals surface area contributed by atoms with E-state index in [2.05, 4.69) is 26.4 Å². The smallest absolute Gasteiger partial charge is 0.361 e. The number of rotatable bonds is 4. The Hall–Kier alpha value is -3.62. The fourth-order valence-corrected chi connectivity index (χ4v) is 4.11. The van der Waals surface area contributed by atoms with Crippen LogP contribution in [0.25, 0.3) is 22.0 Å². The summed E-state index contributed by atoms with van der Waals surface area (Å²) in [7, 11) is 0. The molecule has 0 unspecified atom stereocenters. The van der Waals surface area contributed by atoms with Crippen molar-refractivity contribution in [1.29, 1.82) is 5.26 Å². The summed E-state index contributed by atoms with van der Waals surface area (Å²) in [4.78, 5) is 28.6. The van der Waals surface area contributed by atoms with Crippen LogP contribution in [0.3, 0.4) is 0 Å². The molecule has 3 aromatic rings. The maximum absolute atomic E-state index is 12.9. The van der Waals surface area contributed by atoms with Gasteiger partial charge < -0.3 is 10.2 Å². The Morgan fingerprint density at radius 3 is 2.74 bits per heavy atom. The number of amides is 1. The third-order valence-electron chi connectivity index (χ3n) is 5.84. The van der Waals surface area contributed by atoms with Crippen molar-refractivity contribution in [3.05, 3.63) is 47.0 Å². The molecule has 1 amide bonds. The first-order valence-electron chi connectivity index (χ1n) is 10.6. The van der Waals surface area contributed by atoms with Gasteiger partial charge in [-0.3, -0.25) is 9.89 Å². The van der Waals surface area contributed by atoms with E-state index in [4.69, 9.17) is 11.6 Å². The molecule has 0 bridgehead atoms. The number of benzene rings is 2. The molecule has 35 heavy (non-hydrogen) atoms. The average Bonchev–Trinajstić information content (AvgIpc) is 3.22.